The highest BCUT2D eigenvalue weighted by Gasteiger charge is 2.23. The summed E-state index contributed by atoms with van der Waals surface area (Å²) in [5.74, 6) is 0.994. The Morgan fingerprint density at radius 3 is 2.93 bits per heavy atom. The largest absolute Gasteiger partial charge is 0.382 e. The van der Waals surface area contributed by atoms with Gasteiger partial charge in [-0.1, -0.05) is 0 Å². The number of fused-ring (bicyclic) bond motifs is 1. The van der Waals surface area contributed by atoms with Gasteiger partial charge in [0.2, 0.25) is 0 Å². The minimum absolute atomic E-state index is 0.285. The minimum Gasteiger partial charge on any atom is -0.382 e. The van der Waals surface area contributed by atoms with Crippen LogP contribution in [0.2, 0.25) is 0 Å². The number of nitrogens with zero attached hydrogens (tertiary/aromatic N) is 5. The van der Waals surface area contributed by atoms with Crippen molar-refractivity contribution in [3.63, 3.8) is 0 Å². The fraction of sp³-hybridized carbons (Fsp3) is 0.211. The Morgan fingerprint density at radius 1 is 1.19 bits per heavy atom. The number of carbonyl (C=O) groups is 1. The van der Waals surface area contributed by atoms with Crippen LogP contribution in [0, 0.1) is 6.92 Å². The van der Waals surface area contributed by atoms with Crippen LogP contribution in [-0.2, 0) is 0 Å². The number of anilines is 3. The van der Waals surface area contributed by atoms with Crippen LogP contribution in [-0.4, -0.2) is 39.1 Å². The maximum absolute atomic E-state index is 12.9. The molecule has 8 heteroatoms. The molecule has 0 aliphatic carbocycles. The second-order valence-corrected chi connectivity index (χ2v) is 6.27. The van der Waals surface area contributed by atoms with Crippen molar-refractivity contribution in [2.24, 2.45) is 0 Å². The molecule has 0 atom stereocenters. The quantitative estimate of drug-likeness (QED) is 0.728. The van der Waals surface area contributed by atoms with E-state index < -0.39 is 0 Å². The smallest absolute Gasteiger partial charge is 0.328 e. The predicted molar refractivity (Wildman–Crippen MR) is 104 cm³/mol. The molecule has 1 aliphatic heterocycles. The molecule has 0 saturated heterocycles. The van der Waals surface area contributed by atoms with Crippen molar-refractivity contribution >= 4 is 23.4 Å². The van der Waals surface area contributed by atoms with E-state index in [4.69, 9.17) is 4.98 Å². The standard InChI is InChI=1S/C19H19N7O/c1-13-9-14(11-21-10-13)15-3-4-16-18(24-15)26(8-2-5-22-16)19(27)25-17-12-20-6-7-23-17/h3-4,6-7,9-12,22H,2,5,8H2,1H3,(H,23,25,27). The lowest BCUT2D eigenvalue weighted by Crippen LogP contribution is -2.36. The first-order valence-electron chi connectivity index (χ1n) is 8.72. The molecule has 2 N–H and O–H groups in total. The number of nitrogens with one attached hydrogen (secondary N) is 2. The highest BCUT2D eigenvalue weighted by Crippen LogP contribution is 2.30. The molecule has 2 amide bonds. The Morgan fingerprint density at radius 2 is 2.11 bits per heavy atom. The second-order valence-electron chi connectivity index (χ2n) is 6.27. The molecule has 3 aromatic rings. The number of pyridine rings is 2. The third-order valence-electron chi connectivity index (χ3n) is 4.22. The van der Waals surface area contributed by atoms with E-state index in [9.17, 15) is 4.79 Å². The molecule has 0 bridgehead atoms. The number of aromatic nitrogens is 4. The summed E-state index contributed by atoms with van der Waals surface area (Å²) in [6, 6.07) is 5.63. The van der Waals surface area contributed by atoms with Crippen LogP contribution >= 0.6 is 0 Å². The molecule has 4 rings (SSSR count). The van der Waals surface area contributed by atoms with Crippen LogP contribution in [0.4, 0.5) is 22.1 Å². The minimum atomic E-state index is -0.285. The number of rotatable bonds is 2. The van der Waals surface area contributed by atoms with Crippen molar-refractivity contribution in [2.75, 3.05) is 28.6 Å². The van der Waals surface area contributed by atoms with E-state index in [0.29, 0.717) is 18.2 Å². The summed E-state index contributed by atoms with van der Waals surface area (Å²) in [4.78, 5) is 31.6. The number of hydrogen-bond acceptors (Lipinski definition) is 6. The number of carbonyl (C=O) groups excluding carboxylic acids is 1. The molecule has 0 saturated carbocycles. The lowest BCUT2D eigenvalue weighted by Gasteiger charge is -2.22. The van der Waals surface area contributed by atoms with Crippen LogP contribution in [0.1, 0.15) is 12.0 Å². The summed E-state index contributed by atoms with van der Waals surface area (Å²) in [5, 5.41) is 6.12. The molecule has 1 aliphatic rings. The predicted octanol–water partition coefficient (Wildman–Crippen LogP) is 3.10. The van der Waals surface area contributed by atoms with Gasteiger partial charge in [-0.3, -0.25) is 20.2 Å². The molecule has 4 heterocycles. The number of hydrogen-bond donors (Lipinski definition) is 2. The zero-order chi connectivity index (χ0) is 18.6. The van der Waals surface area contributed by atoms with Gasteiger partial charge in [0.1, 0.15) is 0 Å². The molecule has 8 nitrogen and oxygen atoms in total. The van der Waals surface area contributed by atoms with Crippen LogP contribution < -0.4 is 15.5 Å². The Balaban J connectivity index is 1.69. The van der Waals surface area contributed by atoms with Gasteiger partial charge in [0.15, 0.2) is 11.6 Å². The number of amides is 2. The highest BCUT2D eigenvalue weighted by molar-refractivity contribution is 6.02. The fourth-order valence-corrected chi connectivity index (χ4v) is 2.95. The number of urea groups is 1. The summed E-state index contributed by atoms with van der Waals surface area (Å²) < 4.78 is 0. The summed E-state index contributed by atoms with van der Waals surface area (Å²) in [6.07, 6.45) is 8.99. The van der Waals surface area contributed by atoms with Crippen molar-refractivity contribution < 1.29 is 4.79 Å². The molecular weight excluding hydrogens is 342 g/mol. The van der Waals surface area contributed by atoms with Gasteiger partial charge in [0.05, 0.1) is 17.6 Å². The van der Waals surface area contributed by atoms with Gasteiger partial charge < -0.3 is 5.32 Å². The molecule has 3 aromatic heterocycles. The molecule has 0 spiro atoms. The van der Waals surface area contributed by atoms with E-state index in [1.54, 1.807) is 23.5 Å². The maximum Gasteiger partial charge on any atom is 0.328 e. The lowest BCUT2D eigenvalue weighted by atomic mass is 10.1. The Kier molecular flexibility index (Phi) is 4.61. The first kappa shape index (κ1) is 16.9. The Labute approximate surface area is 156 Å². The summed E-state index contributed by atoms with van der Waals surface area (Å²) in [6.45, 7) is 3.31. The molecule has 27 heavy (non-hydrogen) atoms. The van der Waals surface area contributed by atoms with Gasteiger partial charge in [0, 0.05) is 43.4 Å². The third kappa shape index (κ3) is 3.69. The van der Waals surface area contributed by atoms with Gasteiger partial charge in [-0.25, -0.2) is 14.8 Å². The summed E-state index contributed by atoms with van der Waals surface area (Å²) in [7, 11) is 0. The summed E-state index contributed by atoms with van der Waals surface area (Å²) >= 11 is 0. The summed E-state index contributed by atoms with van der Waals surface area (Å²) in [5.41, 5.74) is 3.56. The Hall–Kier alpha value is -3.55. The maximum atomic E-state index is 12.9. The van der Waals surface area contributed by atoms with Crippen molar-refractivity contribution in [3.05, 3.63) is 54.7 Å². The first-order chi connectivity index (χ1) is 13.2. The van der Waals surface area contributed by atoms with Gasteiger partial charge in [0.25, 0.3) is 0 Å². The van der Waals surface area contributed by atoms with Crippen LogP contribution in [0.15, 0.2) is 49.2 Å². The molecular formula is C19H19N7O. The highest BCUT2D eigenvalue weighted by atomic mass is 16.2. The van der Waals surface area contributed by atoms with E-state index in [0.717, 1.165) is 35.5 Å². The van der Waals surface area contributed by atoms with Crippen LogP contribution in [0.5, 0.6) is 0 Å². The monoisotopic (exact) mass is 361 g/mol. The second kappa shape index (κ2) is 7.36. The normalized spacial score (nSPS) is 13.3. The molecule has 0 unspecified atom stereocenters. The average molecular weight is 361 g/mol. The van der Waals surface area contributed by atoms with E-state index in [1.807, 2.05) is 25.1 Å². The van der Waals surface area contributed by atoms with Crippen molar-refractivity contribution in [1.82, 2.24) is 19.9 Å². The average Bonchev–Trinajstić information content (AvgIpc) is 2.90. The third-order valence-corrected chi connectivity index (χ3v) is 4.22. The van der Waals surface area contributed by atoms with E-state index in [2.05, 4.69) is 25.6 Å². The zero-order valence-corrected chi connectivity index (χ0v) is 14.9. The van der Waals surface area contributed by atoms with Crippen LogP contribution in [0.25, 0.3) is 11.3 Å². The van der Waals surface area contributed by atoms with Gasteiger partial charge >= 0.3 is 6.03 Å². The van der Waals surface area contributed by atoms with Gasteiger partial charge in [-0.05, 0) is 37.1 Å². The lowest BCUT2D eigenvalue weighted by molar-refractivity contribution is 0.256. The van der Waals surface area contributed by atoms with Crippen LogP contribution in [0.3, 0.4) is 0 Å². The molecule has 0 aromatic carbocycles. The molecule has 136 valence electrons. The first-order valence-corrected chi connectivity index (χ1v) is 8.72. The Bertz CT molecular complexity index is 961. The van der Waals surface area contributed by atoms with Gasteiger partial charge in [-0.15, -0.1) is 0 Å². The molecule has 0 radical (unpaired) electrons. The molecule has 0 fully saturated rings. The number of aryl methyl sites for hydroxylation is 1. The van der Waals surface area contributed by atoms with E-state index in [-0.39, 0.29) is 6.03 Å². The van der Waals surface area contributed by atoms with E-state index in [1.165, 1.54) is 12.4 Å². The van der Waals surface area contributed by atoms with Crippen molar-refractivity contribution in [1.29, 1.82) is 0 Å². The fourth-order valence-electron chi connectivity index (χ4n) is 2.95. The van der Waals surface area contributed by atoms with Crippen molar-refractivity contribution in [3.8, 4) is 11.3 Å². The van der Waals surface area contributed by atoms with Crippen molar-refractivity contribution in [2.45, 2.75) is 13.3 Å². The van der Waals surface area contributed by atoms with Gasteiger partial charge in [-0.2, -0.15) is 0 Å². The SMILES string of the molecule is Cc1cncc(-c2ccc3c(n2)N(C(=O)Nc2cnccn2)CCCN3)c1. The zero-order valence-electron chi connectivity index (χ0n) is 14.9. The van der Waals surface area contributed by atoms with E-state index >= 15 is 0 Å². The topological polar surface area (TPSA) is 95.9 Å².